The van der Waals surface area contributed by atoms with Crippen molar-refractivity contribution in [2.24, 2.45) is 0 Å². The average molecular weight is 192 g/mol. The zero-order chi connectivity index (χ0) is 10.1. The Hall–Kier alpha value is -2.04. The van der Waals surface area contributed by atoms with Gasteiger partial charge in [0.2, 0.25) is 0 Å². The quantitative estimate of drug-likeness (QED) is 0.751. The Kier molecular flexibility index (Phi) is 1.85. The number of fused-ring (bicyclic) bond motifs is 1. The van der Waals surface area contributed by atoms with E-state index in [0.29, 0.717) is 16.8 Å². The molecule has 2 rings (SSSR count). The molecule has 0 spiro atoms. The van der Waals surface area contributed by atoms with Crippen molar-refractivity contribution in [2.75, 3.05) is 7.11 Å². The van der Waals surface area contributed by atoms with Crippen LogP contribution < -0.4 is 4.74 Å². The smallest absolute Gasteiger partial charge is 0.341 e. The number of H-pyrrole nitrogens is 1. The molecular weight excluding hydrogens is 184 g/mol. The molecular formula is C9H8N2O3. The highest BCUT2D eigenvalue weighted by atomic mass is 16.5. The molecule has 0 aliphatic rings. The Labute approximate surface area is 79.3 Å². The number of ether oxygens (including phenoxy) is 1. The molecule has 0 aliphatic heterocycles. The number of aromatic amines is 1. The van der Waals surface area contributed by atoms with Gasteiger partial charge in [0.25, 0.3) is 0 Å². The molecule has 72 valence electrons. The van der Waals surface area contributed by atoms with Gasteiger partial charge in [0.1, 0.15) is 17.0 Å². The van der Waals surface area contributed by atoms with Gasteiger partial charge in [-0.25, -0.2) is 9.78 Å². The van der Waals surface area contributed by atoms with E-state index in [0.717, 1.165) is 0 Å². The van der Waals surface area contributed by atoms with E-state index in [2.05, 4.69) is 9.97 Å². The predicted octanol–water partition coefficient (Wildman–Crippen LogP) is 1.27. The van der Waals surface area contributed by atoms with Gasteiger partial charge >= 0.3 is 5.97 Å². The summed E-state index contributed by atoms with van der Waals surface area (Å²) in [5, 5.41) is 9.54. The van der Waals surface area contributed by atoms with E-state index in [4.69, 9.17) is 9.84 Å². The molecule has 0 bridgehead atoms. The first-order valence-corrected chi connectivity index (χ1v) is 3.97. The van der Waals surface area contributed by atoms with Crippen molar-refractivity contribution in [3.63, 3.8) is 0 Å². The number of pyridine rings is 1. The molecule has 0 radical (unpaired) electrons. The lowest BCUT2D eigenvalue weighted by Gasteiger charge is -2.04. The molecule has 14 heavy (non-hydrogen) atoms. The predicted molar refractivity (Wildman–Crippen MR) is 49.6 cm³/mol. The van der Waals surface area contributed by atoms with Gasteiger partial charge in [-0.1, -0.05) is 0 Å². The molecule has 5 nitrogen and oxygen atoms in total. The highest BCUT2D eigenvalue weighted by molar-refractivity contribution is 5.97. The van der Waals surface area contributed by atoms with Crippen LogP contribution in [0, 0.1) is 0 Å². The van der Waals surface area contributed by atoms with E-state index in [1.54, 1.807) is 12.3 Å². The zero-order valence-electron chi connectivity index (χ0n) is 7.44. The lowest BCUT2D eigenvalue weighted by Crippen LogP contribution is -2.01. The topological polar surface area (TPSA) is 75.2 Å². The van der Waals surface area contributed by atoms with E-state index in [9.17, 15) is 4.79 Å². The van der Waals surface area contributed by atoms with Gasteiger partial charge in [0.05, 0.1) is 12.5 Å². The van der Waals surface area contributed by atoms with Gasteiger partial charge in [0.15, 0.2) is 0 Å². The first kappa shape index (κ1) is 8.55. The molecule has 2 heterocycles. The SMILES string of the molecule is COc1c(C(=O)O)cnc2[nH]ccc12. The van der Waals surface area contributed by atoms with Gasteiger partial charge in [-0.15, -0.1) is 0 Å². The van der Waals surface area contributed by atoms with Gasteiger partial charge in [-0.2, -0.15) is 0 Å². The number of nitrogens with zero attached hydrogens (tertiary/aromatic N) is 1. The largest absolute Gasteiger partial charge is 0.495 e. The van der Waals surface area contributed by atoms with Gasteiger partial charge in [-0.3, -0.25) is 0 Å². The molecule has 0 unspecified atom stereocenters. The van der Waals surface area contributed by atoms with Gasteiger partial charge in [0, 0.05) is 12.4 Å². The number of aromatic carboxylic acids is 1. The summed E-state index contributed by atoms with van der Waals surface area (Å²) in [6.45, 7) is 0. The first-order chi connectivity index (χ1) is 6.74. The fraction of sp³-hybridized carbons (Fsp3) is 0.111. The number of hydrogen-bond donors (Lipinski definition) is 2. The summed E-state index contributed by atoms with van der Waals surface area (Å²) in [6.07, 6.45) is 2.96. The molecule has 0 aliphatic carbocycles. The second-order valence-electron chi connectivity index (χ2n) is 2.75. The highest BCUT2D eigenvalue weighted by Gasteiger charge is 2.15. The van der Waals surface area contributed by atoms with Crippen LogP contribution >= 0.6 is 0 Å². The Morgan fingerprint density at radius 3 is 3.07 bits per heavy atom. The summed E-state index contributed by atoms with van der Waals surface area (Å²) in [5.41, 5.74) is 0.687. The minimum Gasteiger partial charge on any atom is -0.495 e. The van der Waals surface area contributed by atoms with E-state index >= 15 is 0 Å². The Morgan fingerprint density at radius 1 is 1.64 bits per heavy atom. The second-order valence-corrected chi connectivity index (χ2v) is 2.75. The third-order valence-corrected chi connectivity index (χ3v) is 1.97. The number of carboxylic acid groups (broad SMARTS) is 1. The maximum absolute atomic E-state index is 10.8. The van der Waals surface area contributed by atoms with Crippen LogP contribution in [-0.4, -0.2) is 28.2 Å². The molecule has 0 amide bonds. The monoisotopic (exact) mass is 192 g/mol. The number of carbonyl (C=O) groups is 1. The summed E-state index contributed by atoms with van der Waals surface area (Å²) < 4.78 is 5.04. The average Bonchev–Trinajstić information content (AvgIpc) is 2.63. The second kappa shape index (κ2) is 3.02. The number of hydrogen-bond acceptors (Lipinski definition) is 3. The molecule has 2 aromatic heterocycles. The fourth-order valence-corrected chi connectivity index (χ4v) is 1.36. The third-order valence-electron chi connectivity index (χ3n) is 1.97. The van der Waals surface area contributed by atoms with Crippen molar-refractivity contribution < 1.29 is 14.6 Å². The summed E-state index contributed by atoms with van der Waals surface area (Å²) in [7, 11) is 1.44. The van der Waals surface area contributed by atoms with E-state index in [-0.39, 0.29) is 5.56 Å². The number of methoxy groups -OCH3 is 1. The van der Waals surface area contributed by atoms with Crippen LogP contribution in [0.25, 0.3) is 11.0 Å². The van der Waals surface area contributed by atoms with Crippen LogP contribution in [0.1, 0.15) is 10.4 Å². The molecule has 0 saturated heterocycles. The summed E-state index contributed by atoms with van der Waals surface area (Å²) in [5.74, 6) is -0.707. The van der Waals surface area contributed by atoms with Crippen molar-refractivity contribution in [3.05, 3.63) is 24.0 Å². The standard InChI is InChI=1S/C9H8N2O3/c1-14-7-5-2-3-10-8(5)11-4-6(7)9(12)13/h2-4H,1H3,(H,10,11)(H,12,13). The molecule has 2 N–H and O–H groups in total. The minimum atomic E-state index is -1.04. The molecule has 5 heteroatoms. The molecule has 0 atom stereocenters. The van der Waals surface area contributed by atoms with Gasteiger partial charge < -0.3 is 14.8 Å². The lowest BCUT2D eigenvalue weighted by molar-refractivity contribution is 0.0693. The number of nitrogens with one attached hydrogen (secondary N) is 1. The van der Waals surface area contributed by atoms with Crippen LogP contribution in [0.4, 0.5) is 0 Å². The number of rotatable bonds is 2. The van der Waals surface area contributed by atoms with Crippen molar-refractivity contribution >= 4 is 17.0 Å². The molecule has 0 fully saturated rings. The maximum Gasteiger partial charge on any atom is 0.341 e. The maximum atomic E-state index is 10.8. The van der Waals surface area contributed by atoms with E-state index < -0.39 is 5.97 Å². The highest BCUT2D eigenvalue weighted by Crippen LogP contribution is 2.27. The molecule has 2 aromatic rings. The Morgan fingerprint density at radius 2 is 2.43 bits per heavy atom. The number of carboxylic acids is 1. The summed E-state index contributed by atoms with van der Waals surface area (Å²) in [6, 6.07) is 1.73. The zero-order valence-corrected chi connectivity index (χ0v) is 7.44. The minimum absolute atomic E-state index is 0.0691. The van der Waals surface area contributed by atoms with E-state index in [1.165, 1.54) is 13.3 Å². The van der Waals surface area contributed by atoms with Crippen LogP contribution in [0.3, 0.4) is 0 Å². The number of aromatic nitrogens is 2. The Bertz CT molecular complexity index is 490. The van der Waals surface area contributed by atoms with Crippen molar-refractivity contribution in [1.82, 2.24) is 9.97 Å². The van der Waals surface area contributed by atoms with Crippen LogP contribution in [0.5, 0.6) is 5.75 Å². The summed E-state index contributed by atoms with van der Waals surface area (Å²) >= 11 is 0. The van der Waals surface area contributed by atoms with Crippen molar-refractivity contribution in [1.29, 1.82) is 0 Å². The first-order valence-electron chi connectivity index (χ1n) is 3.97. The lowest BCUT2D eigenvalue weighted by atomic mass is 10.2. The van der Waals surface area contributed by atoms with Gasteiger partial charge in [-0.05, 0) is 6.07 Å². The summed E-state index contributed by atoms with van der Waals surface area (Å²) in [4.78, 5) is 17.6. The van der Waals surface area contributed by atoms with E-state index in [1.807, 2.05) is 0 Å². The Balaban J connectivity index is 2.78. The van der Waals surface area contributed by atoms with Crippen molar-refractivity contribution in [2.45, 2.75) is 0 Å². The van der Waals surface area contributed by atoms with Crippen LogP contribution in [-0.2, 0) is 0 Å². The van der Waals surface area contributed by atoms with Crippen LogP contribution in [0.15, 0.2) is 18.5 Å². The normalized spacial score (nSPS) is 10.4. The third kappa shape index (κ3) is 1.10. The van der Waals surface area contributed by atoms with Crippen molar-refractivity contribution in [3.8, 4) is 5.75 Å². The van der Waals surface area contributed by atoms with Crippen LogP contribution in [0.2, 0.25) is 0 Å². The fourth-order valence-electron chi connectivity index (χ4n) is 1.36. The molecule has 0 saturated carbocycles. The molecule has 0 aromatic carbocycles.